The van der Waals surface area contributed by atoms with Gasteiger partial charge in [-0.3, -0.25) is 9.59 Å². The lowest BCUT2D eigenvalue weighted by atomic mass is 9.86. The second-order valence-corrected chi connectivity index (χ2v) is 9.97. The Morgan fingerprint density at radius 1 is 1.02 bits per heavy atom. The zero-order valence-corrected chi connectivity index (χ0v) is 22.1. The van der Waals surface area contributed by atoms with E-state index in [4.69, 9.17) is 11.6 Å². The van der Waals surface area contributed by atoms with E-state index in [9.17, 15) is 33.0 Å². The molecule has 2 heterocycles. The normalized spacial score (nSPS) is 17.9. The van der Waals surface area contributed by atoms with E-state index in [-0.39, 0.29) is 33.2 Å². The van der Waals surface area contributed by atoms with Gasteiger partial charge < -0.3 is 20.4 Å². The van der Waals surface area contributed by atoms with Crippen LogP contribution in [0.15, 0.2) is 85.1 Å². The summed E-state index contributed by atoms with van der Waals surface area (Å²) in [6.07, 6.45) is 0.236. The van der Waals surface area contributed by atoms with Gasteiger partial charge in [0.2, 0.25) is 0 Å². The number of pyridine rings is 1. The first kappa shape index (κ1) is 28.3. The average molecular weight is 582 g/mol. The number of halogens is 4. The maximum atomic E-state index is 15.0. The van der Waals surface area contributed by atoms with Crippen LogP contribution in [0.1, 0.15) is 32.7 Å². The van der Waals surface area contributed by atoms with E-state index < -0.39 is 48.7 Å². The minimum atomic E-state index is -3.77. The lowest BCUT2D eigenvalue weighted by molar-refractivity contribution is -0.205. The Morgan fingerprint density at radius 2 is 1.78 bits per heavy atom. The Morgan fingerprint density at radius 3 is 2.46 bits per heavy atom. The van der Waals surface area contributed by atoms with Crippen LogP contribution in [0.4, 0.5) is 24.7 Å². The van der Waals surface area contributed by atoms with Gasteiger partial charge >= 0.3 is 0 Å². The summed E-state index contributed by atoms with van der Waals surface area (Å²) < 4.78 is 44.0. The number of benzene rings is 3. The van der Waals surface area contributed by atoms with Gasteiger partial charge in [0.05, 0.1) is 23.4 Å². The summed E-state index contributed by atoms with van der Waals surface area (Å²) >= 11 is 6.00. The van der Waals surface area contributed by atoms with Gasteiger partial charge in [0, 0.05) is 29.7 Å². The summed E-state index contributed by atoms with van der Waals surface area (Å²) in [5.74, 6) is -5.62. The fraction of sp³-hybridized carbons (Fsp3) is 0.167. The summed E-state index contributed by atoms with van der Waals surface area (Å²) in [7, 11) is 0. The molecule has 41 heavy (non-hydrogen) atoms. The summed E-state index contributed by atoms with van der Waals surface area (Å²) in [6, 6.07) is 19.4. The van der Waals surface area contributed by atoms with Crippen molar-refractivity contribution in [2.24, 2.45) is 0 Å². The third-order valence-corrected chi connectivity index (χ3v) is 7.22. The van der Waals surface area contributed by atoms with Crippen molar-refractivity contribution in [2.45, 2.75) is 17.9 Å². The van der Waals surface area contributed by atoms with Crippen molar-refractivity contribution >= 4 is 34.9 Å². The first-order valence-electron chi connectivity index (χ1n) is 12.5. The van der Waals surface area contributed by atoms with E-state index in [1.54, 1.807) is 24.3 Å². The molecule has 4 aromatic rings. The molecule has 1 aliphatic heterocycles. The Bertz CT molecular complexity index is 1620. The predicted octanol–water partition coefficient (Wildman–Crippen LogP) is 5.66. The van der Waals surface area contributed by atoms with Gasteiger partial charge in [0.15, 0.2) is 5.60 Å². The fourth-order valence-electron chi connectivity index (χ4n) is 4.77. The minimum absolute atomic E-state index is 0.0115. The number of nitrogens with zero attached hydrogens (tertiary/aromatic N) is 2. The maximum absolute atomic E-state index is 15.0. The number of fused-ring (bicyclic) bond motifs is 1. The number of hydrogen-bond acceptors (Lipinski definition) is 5. The van der Waals surface area contributed by atoms with Crippen LogP contribution in [-0.4, -0.2) is 46.1 Å². The number of carbonyl (C=O) groups excluding carboxylic acids is 2. The molecule has 0 saturated carbocycles. The van der Waals surface area contributed by atoms with E-state index in [2.05, 4.69) is 10.3 Å². The zero-order chi connectivity index (χ0) is 29.4. The molecule has 0 aliphatic carbocycles. The lowest BCUT2D eigenvalue weighted by Crippen LogP contribution is -2.48. The van der Waals surface area contributed by atoms with Crippen LogP contribution < -0.4 is 10.2 Å². The van der Waals surface area contributed by atoms with Crippen LogP contribution in [0.5, 0.6) is 0 Å². The molecule has 1 unspecified atom stereocenters. The second kappa shape index (κ2) is 11.0. The number of carbonyl (C=O) groups is 2. The van der Waals surface area contributed by atoms with Crippen LogP contribution >= 0.6 is 11.6 Å². The highest BCUT2D eigenvalue weighted by atomic mass is 35.5. The Kier molecular flexibility index (Phi) is 7.56. The molecule has 0 saturated heterocycles. The van der Waals surface area contributed by atoms with Crippen LogP contribution in [-0.2, 0) is 5.60 Å². The molecule has 11 heteroatoms. The SMILES string of the molecule is O=C(Nc1ccc(C(=O)N2CCC(F)(F)C(O)(CO)c3cc(Cl)ccc32)cn1)c1cc(F)ccc1-c1ccccc1. The Labute approximate surface area is 237 Å². The quantitative estimate of drug-likeness (QED) is 0.282. The fourth-order valence-corrected chi connectivity index (χ4v) is 4.94. The van der Waals surface area contributed by atoms with Crippen molar-refractivity contribution in [3.63, 3.8) is 0 Å². The van der Waals surface area contributed by atoms with E-state index >= 15 is 0 Å². The molecule has 1 atom stereocenters. The standard InChI is InChI=1S/C30H23ClF3N3O4/c31-20-7-10-25-24(14-20)29(41,17-38)30(33,34)12-13-37(25)28(40)19-6-11-26(35-16-19)36-27(39)23-15-21(32)8-9-22(23)18-4-2-1-3-5-18/h1-11,14-16,38,41H,12-13,17H2,(H,35,36,39). The van der Waals surface area contributed by atoms with E-state index in [0.717, 1.165) is 17.0 Å². The van der Waals surface area contributed by atoms with E-state index in [1.807, 2.05) is 6.07 Å². The zero-order valence-electron chi connectivity index (χ0n) is 21.3. The third-order valence-electron chi connectivity index (χ3n) is 6.99. The largest absolute Gasteiger partial charge is 0.393 e. The van der Waals surface area contributed by atoms with Crippen LogP contribution in [0, 0.1) is 5.82 Å². The Hall–Kier alpha value is -4.25. The van der Waals surface area contributed by atoms with Gasteiger partial charge in [-0.2, -0.15) is 0 Å². The third kappa shape index (κ3) is 5.29. The first-order valence-corrected chi connectivity index (χ1v) is 12.9. The molecule has 0 spiro atoms. The van der Waals surface area contributed by atoms with Gasteiger partial charge in [0.25, 0.3) is 17.7 Å². The Balaban J connectivity index is 1.41. The molecule has 5 rings (SSSR count). The van der Waals surface area contributed by atoms with Crippen molar-refractivity contribution in [1.82, 2.24) is 4.98 Å². The molecular formula is C30H23ClF3N3O4. The number of aliphatic hydroxyl groups excluding tert-OH is 1. The highest BCUT2D eigenvalue weighted by molar-refractivity contribution is 6.30. The first-order chi connectivity index (χ1) is 19.5. The molecule has 210 valence electrons. The molecule has 0 bridgehead atoms. The summed E-state index contributed by atoms with van der Waals surface area (Å²) in [5.41, 5.74) is -2.06. The molecule has 2 amide bonds. The van der Waals surface area contributed by atoms with Crippen LogP contribution in [0.25, 0.3) is 11.1 Å². The van der Waals surface area contributed by atoms with E-state index in [0.29, 0.717) is 11.1 Å². The molecule has 7 nitrogen and oxygen atoms in total. The van der Waals surface area contributed by atoms with Crippen LogP contribution in [0.2, 0.25) is 5.02 Å². The van der Waals surface area contributed by atoms with Crippen molar-refractivity contribution in [2.75, 3.05) is 23.4 Å². The lowest BCUT2D eigenvalue weighted by Gasteiger charge is -2.33. The number of aromatic nitrogens is 1. The van der Waals surface area contributed by atoms with Gasteiger partial charge in [-0.25, -0.2) is 18.2 Å². The number of alkyl halides is 2. The molecule has 0 fully saturated rings. The molecule has 0 radical (unpaired) electrons. The van der Waals surface area contributed by atoms with Gasteiger partial charge in [-0.15, -0.1) is 0 Å². The molecule has 1 aromatic heterocycles. The highest BCUT2D eigenvalue weighted by Crippen LogP contribution is 2.47. The maximum Gasteiger partial charge on any atom is 0.284 e. The van der Waals surface area contributed by atoms with Crippen LogP contribution in [0.3, 0.4) is 0 Å². The number of rotatable bonds is 5. The second-order valence-electron chi connectivity index (χ2n) is 9.53. The molecule has 3 aromatic carbocycles. The van der Waals surface area contributed by atoms with Gasteiger partial charge in [-0.1, -0.05) is 48.0 Å². The van der Waals surface area contributed by atoms with E-state index in [1.165, 1.54) is 42.6 Å². The van der Waals surface area contributed by atoms with Gasteiger partial charge in [-0.05, 0) is 53.6 Å². The predicted molar refractivity (Wildman–Crippen MR) is 148 cm³/mol. The molecular weight excluding hydrogens is 559 g/mol. The summed E-state index contributed by atoms with van der Waals surface area (Å²) in [6.45, 7) is -1.76. The monoisotopic (exact) mass is 581 g/mol. The van der Waals surface area contributed by atoms with Crippen molar-refractivity contribution < 1.29 is 33.0 Å². The minimum Gasteiger partial charge on any atom is -0.393 e. The van der Waals surface area contributed by atoms with Crippen molar-refractivity contribution in [3.05, 3.63) is 113 Å². The number of anilines is 2. The smallest absolute Gasteiger partial charge is 0.284 e. The summed E-state index contributed by atoms with van der Waals surface area (Å²) in [4.78, 5) is 31.7. The molecule has 3 N–H and O–H groups in total. The van der Waals surface area contributed by atoms with Gasteiger partial charge in [0.1, 0.15) is 11.6 Å². The molecule has 1 aliphatic rings. The average Bonchev–Trinajstić information content (AvgIpc) is 3.05. The summed E-state index contributed by atoms with van der Waals surface area (Å²) in [5, 5.41) is 23.1. The van der Waals surface area contributed by atoms with Crippen molar-refractivity contribution in [1.29, 1.82) is 0 Å². The number of nitrogens with one attached hydrogen (secondary N) is 1. The number of aliphatic hydroxyl groups is 2. The number of amides is 2. The topological polar surface area (TPSA) is 103 Å². The highest BCUT2D eigenvalue weighted by Gasteiger charge is 2.56. The van der Waals surface area contributed by atoms with Crippen molar-refractivity contribution in [3.8, 4) is 11.1 Å². The number of hydrogen-bond donors (Lipinski definition) is 3.